The highest BCUT2D eigenvalue weighted by Gasteiger charge is 2.15. The van der Waals surface area contributed by atoms with Crippen LogP contribution in [0.15, 0.2) is 59.5 Å². The van der Waals surface area contributed by atoms with Gasteiger partial charge in [-0.2, -0.15) is 0 Å². The lowest BCUT2D eigenvalue weighted by Crippen LogP contribution is -2.15. The van der Waals surface area contributed by atoms with Gasteiger partial charge in [0.05, 0.1) is 17.2 Å². The first kappa shape index (κ1) is 17.7. The summed E-state index contributed by atoms with van der Waals surface area (Å²) in [6.07, 6.45) is 2.44. The predicted octanol–water partition coefficient (Wildman–Crippen LogP) is 1.50. The van der Waals surface area contributed by atoms with E-state index in [-0.39, 0.29) is 11.5 Å². The number of carbonyl (C=O) groups is 1. The molecule has 0 aliphatic rings. The minimum absolute atomic E-state index is 0.00167. The lowest BCUT2D eigenvalue weighted by molar-refractivity contribution is -0.124. The van der Waals surface area contributed by atoms with Crippen molar-refractivity contribution in [3.63, 3.8) is 0 Å². The van der Waals surface area contributed by atoms with Gasteiger partial charge in [0.2, 0.25) is 0 Å². The molecule has 0 fully saturated rings. The fourth-order valence-electron chi connectivity index (χ4n) is 1.96. The Labute approximate surface area is 139 Å². The molecule has 0 atom stereocenters. The number of hydrogen-bond donors (Lipinski definition) is 4. The summed E-state index contributed by atoms with van der Waals surface area (Å²) in [5, 5.41) is 17.7. The molecule has 0 aliphatic heterocycles. The van der Waals surface area contributed by atoms with Crippen molar-refractivity contribution in [3.05, 3.63) is 65.7 Å². The quantitative estimate of drug-likeness (QED) is 0.359. The highest BCUT2D eigenvalue weighted by molar-refractivity contribution is 7.92. The third-order valence-corrected chi connectivity index (χ3v) is 4.50. The maximum Gasteiger partial charge on any atom is 0.267 e. The molecule has 1 amide bonds. The zero-order valence-electron chi connectivity index (χ0n) is 12.5. The third-order valence-electron chi connectivity index (χ3n) is 3.14. The topological polar surface area (TPSA) is 116 Å². The van der Waals surface area contributed by atoms with Crippen LogP contribution in [0, 0.1) is 0 Å². The van der Waals surface area contributed by atoms with Crippen LogP contribution in [-0.2, 0) is 21.4 Å². The molecule has 8 heteroatoms. The summed E-state index contributed by atoms with van der Waals surface area (Å²) in [6.45, 7) is -0.294. The van der Waals surface area contributed by atoms with Crippen molar-refractivity contribution in [2.45, 2.75) is 11.5 Å². The van der Waals surface area contributed by atoms with Gasteiger partial charge in [0.15, 0.2) is 0 Å². The normalized spacial score (nSPS) is 11.4. The van der Waals surface area contributed by atoms with Crippen LogP contribution in [0.4, 0.5) is 5.69 Å². The van der Waals surface area contributed by atoms with Crippen LogP contribution >= 0.6 is 0 Å². The molecule has 0 aliphatic carbocycles. The van der Waals surface area contributed by atoms with E-state index in [2.05, 4.69) is 4.72 Å². The number of hydroxylamine groups is 1. The summed E-state index contributed by atoms with van der Waals surface area (Å²) in [4.78, 5) is 11.0. The lowest BCUT2D eigenvalue weighted by Gasteiger charge is -2.11. The van der Waals surface area contributed by atoms with E-state index in [1.54, 1.807) is 30.3 Å². The second-order valence-corrected chi connectivity index (χ2v) is 6.49. The largest absolute Gasteiger partial charge is 0.392 e. The van der Waals surface area contributed by atoms with Crippen LogP contribution in [0.1, 0.15) is 11.1 Å². The van der Waals surface area contributed by atoms with Crippen LogP contribution in [0.3, 0.4) is 0 Å². The number of aliphatic hydroxyl groups is 1. The van der Waals surface area contributed by atoms with Gasteiger partial charge in [-0.25, -0.2) is 13.9 Å². The second-order valence-electron chi connectivity index (χ2n) is 4.80. The number of aliphatic hydroxyl groups excluding tert-OH is 1. The van der Waals surface area contributed by atoms with E-state index < -0.39 is 15.9 Å². The Kier molecular flexibility index (Phi) is 5.69. The standard InChI is InChI=1S/C16H16N2O5S/c19-11-13-5-1-2-7-15(13)18-24(22,23)14-6-3-4-12(10-14)8-9-16(20)17-21/h1-10,18-19,21H,11H2,(H,17,20)/b9-8+. The summed E-state index contributed by atoms with van der Waals surface area (Å²) >= 11 is 0. The third kappa shape index (κ3) is 4.42. The molecule has 0 spiro atoms. The SMILES string of the molecule is O=C(/C=C/c1cccc(S(=O)(=O)Nc2ccccc2CO)c1)NO. The maximum absolute atomic E-state index is 12.5. The molecule has 0 radical (unpaired) electrons. The number of anilines is 1. The summed E-state index contributed by atoms with van der Waals surface area (Å²) < 4.78 is 27.4. The second kappa shape index (κ2) is 7.73. The highest BCUT2D eigenvalue weighted by atomic mass is 32.2. The summed E-state index contributed by atoms with van der Waals surface area (Å²) in [5.41, 5.74) is 2.66. The number of carbonyl (C=O) groups excluding carboxylic acids is 1. The number of hydrogen-bond acceptors (Lipinski definition) is 5. The van der Waals surface area contributed by atoms with Gasteiger partial charge in [-0.3, -0.25) is 14.7 Å². The van der Waals surface area contributed by atoms with E-state index in [4.69, 9.17) is 5.21 Å². The molecule has 2 rings (SSSR count). The number of benzene rings is 2. The monoisotopic (exact) mass is 348 g/mol. The van der Waals surface area contributed by atoms with Crippen molar-refractivity contribution in [2.75, 3.05) is 4.72 Å². The van der Waals surface area contributed by atoms with Crippen LogP contribution in [0.2, 0.25) is 0 Å². The molecule has 0 unspecified atom stereocenters. The molecule has 0 heterocycles. The molecule has 24 heavy (non-hydrogen) atoms. The minimum atomic E-state index is -3.86. The van der Waals surface area contributed by atoms with Crippen molar-refractivity contribution >= 4 is 27.7 Å². The summed E-state index contributed by atoms with van der Waals surface area (Å²) in [7, 11) is -3.86. The van der Waals surface area contributed by atoms with Crippen molar-refractivity contribution < 1.29 is 23.5 Å². The predicted molar refractivity (Wildman–Crippen MR) is 88.6 cm³/mol. The fraction of sp³-hybridized carbons (Fsp3) is 0.0625. The molecule has 4 N–H and O–H groups in total. The van der Waals surface area contributed by atoms with Gasteiger partial charge < -0.3 is 5.11 Å². The van der Waals surface area contributed by atoms with Crippen LogP contribution < -0.4 is 10.2 Å². The maximum atomic E-state index is 12.5. The first-order valence-corrected chi connectivity index (χ1v) is 8.38. The van der Waals surface area contributed by atoms with E-state index >= 15 is 0 Å². The van der Waals surface area contributed by atoms with Gasteiger partial charge in [0.1, 0.15) is 0 Å². The molecule has 0 bridgehead atoms. The van der Waals surface area contributed by atoms with Gasteiger partial charge in [0, 0.05) is 11.6 Å². The highest BCUT2D eigenvalue weighted by Crippen LogP contribution is 2.21. The molecule has 0 saturated heterocycles. The Balaban J connectivity index is 2.29. The Morgan fingerprint density at radius 3 is 2.58 bits per heavy atom. The number of para-hydroxylation sites is 1. The van der Waals surface area contributed by atoms with E-state index in [1.165, 1.54) is 29.8 Å². The van der Waals surface area contributed by atoms with E-state index in [0.717, 1.165) is 6.08 Å². The summed E-state index contributed by atoms with van der Waals surface area (Å²) in [5.74, 6) is -0.724. The molecular formula is C16H16N2O5S. The van der Waals surface area contributed by atoms with Gasteiger partial charge >= 0.3 is 0 Å². The average molecular weight is 348 g/mol. The fourth-order valence-corrected chi connectivity index (χ4v) is 3.11. The molecule has 126 valence electrons. The zero-order valence-corrected chi connectivity index (χ0v) is 13.3. The molecule has 7 nitrogen and oxygen atoms in total. The lowest BCUT2D eigenvalue weighted by atomic mass is 10.2. The minimum Gasteiger partial charge on any atom is -0.392 e. The van der Waals surface area contributed by atoms with Crippen LogP contribution in [-0.4, -0.2) is 24.6 Å². The van der Waals surface area contributed by atoms with Crippen molar-refractivity contribution in [1.29, 1.82) is 0 Å². The van der Waals surface area contributed by atoms with E-state index in [1.807, 2.05) is 0 Å². The smallest absolute Gasteiger partial charge is 0.267 e. The zero-order chi connectivity index (χ0) is 17.6. The van der Waals surface area contributed by atoms with Crippen molar-refractivity contribution in [2.24, 2.45) is 0 Å². The van der Waals surface area contributed by atoms with E-state index in [9.17, 15) is 18.3 Å². The van der Waals surface area contributed by atoms with Gasteiger partial charge in [0.25, 0.3) is 15.9 Å². The van der Waals surface area contributed by atoms with Crippen LogP contribution in [0.5, 0.6) is 0 Å². The first-order valence-electron chi connectivity index (χ1n) is 6.90. The average Bonchev–Trinajstić information content (AvgIpc) is 2.60. The number of sulfonamides is 1. The number of amides is 1. The molecular weight excluding hydrogens is 332 g/mol. The summed E-state index contributed by atoms with van der Waals surface area (Å²) in [6, 6.07) is 12.5. The Hall–Kier alpha value is -2.68. The van der Waals surface area contributed by atoms with Gasteiger partial charge in [-0.1, -0.05) is 30.3 Å². The molecule has 2 aromatic rings. The van der Waals surface area contributed by atoms with Gasteiger partial charge in [-0.15, -0.1) is 0 Å². The van der Waals surface area contributed by atoms with Gasteiger partial charge in [-0.05, 0) is 29.8 Å². The van der Waals surface area contributed by atoms with E-state index in [0.29, 0.717) is 16.8 Å². The molecule has 2 aromatic carbocycles. The Bertz CT molecular complexity index is 862. The number of rotatable bonds is 6. The van der Waals surface area contributed by atoms with Crippen molar-refractivity contribution in [1.82, 2.24) is 5.48 Å². The van der Waals surface area contributed by atoms with Crippen molar-refractivity contribution in [3.8, 4) is 0 Å². The first-order chi connectivity index (χ1) is 11.5. The van der Waals surface area contributed by atoms with Crippen LogP contribution in [0.25, 0.3) is 6.08 Å². The molecule has 0 aromatic heterocycles. The Morgan fingerprint density at radius 2 is 1.88 bits per heavy atom. The number of nitrogens with one attached hydrogen (secondary N) is 2. The molecule has 0 saturated carbocycles. The Morgan fingerprint density at radius 1 is 1.12 bits per heavy atom.